The van der Waals surface area contributed by atoms with Crippen LogP contribution in [0.15, 0.2) is 54.9 Å². The first-order valence-corrected chi connectivity index (χ1v) is 13.9. The highest BCUT2D eigenvalue weighted by Crippen LogP contribution is 2.33. The van der Waals surface area contributed by atoms with Gasteiger partial charge in [0.25, 0.3) is 5.91 Å². The minimum absolute atomic E-state index is 0.137. The lowest BCUT2D eigenvalue weighted by Gasteiger charge is -2.35. The third-order valence-corrected chi connectivity index (χ3v) is 7.89. The van der Waals surface area contributed by atoms with Crippen molar-refractivity contribution >= 4 is 40.5 Å². The molecule has 12 heteroatoms. The van der Waals surface area contributed by atoms with E-state index in [0.717, 1.165) is 44.0 Å². The number of anilines is 4. The summed E-state index contributed by atoms with van der Waals surface area (Å²) in [5, 5.41) is 14.6. The van der Waals surface area contributed by atoms with Crippen molar-refractivity contribution < 1.29 is 22.8 Å². The number of likely N-dealkylation sites (tertiary alicyclic amines) is 1. The number of rotatable bonds is 8. The Morgan fingerprint density at radius 3 is 2.45 bits per heavy atom. The van der Waals surface area contributed by atoms with E-state index in [-0.39, 0.29) is 29.0 Å². The van der Waals surface area contributed by atoms with Crippen LogP contribution in [0.3, 0.4) is 0 Å². The number of nitrogens with one attached hydrogen (secondary N) is 3. The van der Waals surface area contributed by atoms with Crippen LogP contribution in [0.4, 0.5) is 36.2 Å². The molecule has 1 saturated carbocycles. The van der Waals surface area contributed by atoms with Gasteiger partial charge in [-0.05, 0) is 74.1 Å². The quantitative estimate of drug-likeness (QED) is 0.246. The predicted molar refractivity (Wildman–Crippen MR) is 154 cm³/mol. The Kier molecular flexibility index (Phi) is 8.41. The molecule has 5 rings (SSSR count). The van der Waals surface area contributed by atoms with Crippen LogP contribution in [0.5, 0.6) is 0 Å². The third kappa shape index (κ3) is 6.69. The van der Waals surface area contributed by atoms with Crippen LogP contribution >= 0.6 is 0 Å². The molecule has 2 fully saturated rings. The van der Waals surface area contributed by atoms with Crippen molar-refractivity contribution in [2.45, 2.75) is 44.7 Å². The average Bonchev–Trinajstić information content (AvgIpc) is 2.95. The van der Waals surface area contributed by atoms with Gasteiger partial charge < -0.3 is 26.7 Å². The van der Waals surface area contributed by atoms with Crippen molar-refractivity contribution in [2.24, 2.45) is 11.8 Å². The summed E-state index contributed by atoms with van der Waals surface area (Å²) < 4.78 is 38.9. The maximum absolute atomic E-state index is 13.0. The fraction of sp³-hybridized carbons (Fsp3) is 0.367. The van der Waals surface area contributed by atoms with Crippen LogP contribution in [-0.2, 0) is 11.0 Å². The number of nitrogens with zero attached hydrogens (tertiary/aromatic N) is 3. The van der Waals surface area contributed by atoms with Gasteiger partial charge in [-0.3, -0.25) is 9.59 Å². The van der Waals surface area contributed by atoms with Gasteiger partial charge >= 0.3 is 6.18 Å². The lowest BCUT2D eigenvalue weighted by atomic mass is 9.82. The summed E-state index contributed by atoms with van der Waals surface area (Å²) in [6.45, 7) is 1.21. The average molecular weight is 580 g/mol. The first kappa shape index (κ1) is 29.0. The highest BCUT2D eigenvalue weighted by molar-refractivity contribution is 6.07. The second kappa shape index (κ2) is 12.2. The Morgan fingerprint density at radius 2 is 1.76 bits per heavy atom. The van der Waals surface area contributed by atoms with E-state index in [4.69, 9.17) is 11.1 Å². The third-order valence-electron chi connectivity index (χ3n) is 7.89. The van der Waals surface area contributed by atoms with Crippen molar-refractivity contribution in [3.8, 4) is 0 Å². The zero-order valence-electron chi connectivity index (χ0n) is 22.9. The number of carbonyl (C=O) groups is 2. The molecule has 9 nitrogen and oxygen atoms in total. The minimum Gasteiger partial charge on any atom is -0.382 e. The number of pyridine rings is 2. The molecule has 1 saturated heterocycles. The molecule has 2 aromatic heterocycles. The second-order valence-electron chi connectivity index (χ2n) is 10.8. The Hall–Kier alpha value is -4.48. The molecule has 3 aromatic rings. The largest absolute Gasteiger partial charge is 0.416 e. The van der Waals surface area contributed by atoms with Gasteiger partial charge in [-0.15, -0.1) is 0 Å². The number of hydrogen-bond acceptors (Lipinski definition) is 7. The number of aromatic nitrogens is 2. The number of halogens is 3. The zero-order chi connectivity index (χ0) is 29.9. The van der Waals surface area contributed by atoms with Gasteiger partial charge in [0.1, 0.15) is 11.6 Å². The lowest BCUT2D eigenvalue weighted by Crippen LogP contribution is -2.43. The van der Waals surface area contributed by atoms with E-state index < -0.39 is 17.6 Å². The van der Waals surface area contributed by atoms with Crippen LogP contribution in [0.25, 0.3) is 0 Å². The number of benzene rings is 1. The van der Waals surface area contributed by atoms with Crippen LogP contribution in [0, 0.1) is 17.2 Å². The molecule has 1 aromatic carbocycles. The summed E-state index contributed by atoms with van der Waals surface area (Å²) in [6.07, 6.45) is 3.59. The molecule has 0 bridgehead atoms. The molecular weight excluding hydrogens is 547 g/mol. The highest BCUT2D eigenvalue weighted by Gasteiger charge is 2.32. The van der Waals surface area contributed by atoms with Gasteiger partial charge in [0.2, 0.25) is 5.91 Å². The molecule has 1 aliphatic heterocycles. The second-order valence-corrected chi connectivity index (χ2v) is 10.8. The van der Waals surface area contributed by atoms with Gasteiger partial charge in [0.15, 0.2) is 0 Å². The van der Waals surface area contributed by atoms with E-state index in [1.54, 1.807) is 24.4 Å². The molecule has 1 atom stereocenters. The number of nitrogens with two attached hydrogens (primary N) is 1. The highest BCUT2D eigenvalue weighted by atomic mass is 19.4. The van der Waals surface area contributed by atoms with E-state index in [1.807, 2.05) is 4.90 Å². The number of carbonyl (C=O) groups excluding carboxylic acids is 2. The van der Waals surface area contributed by atoms with Gasteiger partial charge in [0.05, 0.1) is 11.3 Å². The number of hydrogen-bond donors (Lipinski definition) is 4. The Balaban J connectivity index is 1.26. The predicted octanol–water partition coefficient (Wildman–Crippen LogP) is 5.87. The monoisotopic (exact) mass is 579 g/mol. The van der Waals surface area contributed by atoms with Crippen molar-refractivity contribution in [1.29, 1.82) is 5.41 Å². The summed E-state index contributed by atoms with van der Waals surface area (Å²) >= 11 is 0. The van der Waals surface area contributed by atoms with Crippen LogP contribution in [0.1, 0.15) is 60.0 Å². The molecule has 5 N–H and O–H groups in total. The Morgan fingerprint density at radius 1 is 1.02 bits per heavy atom. The van der Waals surface area contributed by atoms with Crippen molar-refractivity contribution in [3.63, 3.8) is 0 Å². The van der Waals surface area contributed by atoms with Crippen LogP contribution in [0.2, 0.25) is 0 Å². The number of amides is 2. The molecule has 0 radical (unpaired) electrons. The van der Waals surface area contributed by atoms with Gasteiger partial charge in [-0.1, -0.05) is 6.42 Å². The fourth-order valence-electron chi connectivity index (χ4n) is 5.28. The molecule has 2 aliphatic rings. The Bertz CT molecular complexity index is 1470. The van der Waals surface area contributed by atoms with E-state index >= 15 is 0 Å². The summed E-state index contributed by atoms with van der Waals surface area (Å²) in [6, 6.07) is 9.58. The number of nitrogen functional groups attached to an aromatic ring is 1. The standard InChI is InChI=1S/C30H32F3N7O2/c31-30(32,33)21-10-12-36-24(16-21)39-29(42)19-6-8-22(9-7-19)38-27-23(11-13-37-28(27)35)26(34)20-5-2-14-40(17-20)25(41)15-18-3-1-4-18/h6-13,16,18,20,34,38H,1-5,14-15,17H2,(H2,35,37)(H,36,39,42)/t20-/m1/s1. The maximum atomic E-state index is 13.0. The van der Waals surface area contributed by atoms with E-state index in [2.05, 4.69) is 20.6 Å². The molecule has 0 spiro atoms. The molecule has 0 unspecified atom stereocenters. The van der Waals surface area contributed by atoms with E-state index in [9.17, 15) is 22.8 Å². The smallest absolute Gasteiger partial charge is 0.382 e. The molecule has 1 aliphatic carbocycles. The normalized spacial score (nSPS) is 17.3. The Labute approximate surface area is 241 Å². The summed E-state index contributed by atoms with van der Waals surface area (Å²) in [5.41, 5.74) is 7.48. The number of alkyl halides is 3. The van der Waals surface area contributed by atoms with E-state index in [1.165, 1.54) is 18.6 Å². The fourth-order valence-corrected chi connectivity index (χ4v) is 5.28. The summed E-state index contributed by atoms with van der Waals surface area (Å²) in [4.78, 5) is 35.3. The SMILES string of the molecule is N=C(c1ccnc(N)c1Nc1ccc(C(=O)Nc2cc(C(F)(F)F)ccn2)cc1)[C@@H]1CCCN(C(=O)CC2CCC2)C1. The first-order chi connectivity index (χ1) is 20.1. The van der Waals surface area contributed by atoms with Crippen molar-refractivity contribution in [3.05, 3.63) is 71.5 Å². The minimum atomic E-state index is -4.55. The molecule has 220 valence electrons. The van der Waals surface area contributed by atoms with Crippen LogP contribution in [-0.4, -0.2) is 45.5 Å². The van der Waals surface area contributed by atoms with Crippen molar-refractivity contribution in [2.75, 3.05) is 29.5 Å². The topological polar surface area (TPSA) is 137 Å². The van der Waals surface area contributed by atoms with Gasteiger partial charge in [-0.2, -0.15) is 13.2 Å². The zero-order valence-corrected chi connectivity index (χ0v) is 22.9. The maximum Gasteiger partial charge on any atom is 0.416 e. The summed E-state index contributed by atoms with van der Waals surface area (Å²) in [7, 11) is 0. The lowest BCUT2D eigenvalue weighted by molar-refractivity contribution is -0.137. The van der Waals surface area contributed by atoms with E-state index in [0.29, 0.717) is 48.1 Å². The number of piperidine rings is 1. The molecule has 2 amide bonds. The molecular formula is C30H32F3N7O2. The van der Waals surface area contributed by atoms with Crippen LogP contribution < -0.4 is 16.4 Å². The molecule has 3 heterocycles. The molecule has 42 heavy (non-hydrogen) atoms. The summed E-state index contributed by atoms with van der Waals surface area (Å²) in [5.74, 6) is -0.120. The van der Waals surface area contributed by atoms with Crippen molar-refractivity contribution in [1.82, 2.24) is 14.9 Å². The first-order valence-electron chi connectivity index (χ1n) is 13.9. The van der Waals surface area contributed by atoms with Gasteiger partial charge in [-0.25, -0.2) is 9.97 Å². The van der Waals surface area contributed by atoms with Gasteiger partial charge in [0, 0.05) is 60.3 Å².